The molecule has 2 aromatic rings. The number of benzene rings is 2. The van der Waals surface area contributed by atoms with Crippen molar-refractivity contribution >= 4 is 21.6 Å². The third-order valence-electron chi connectivity index (χ3n) is 6.39. The van der Waals surface area contributed by atoms with Crippen LogP contribution in [0.15, 0.2) is 54.6 Å². The van der Waals surface area contributed by atoms with Gasteiger partial charge in [-0.05, 0) is 62.8 Å². The Morgan fingerprint density at radius 1 is 1.03 bits per heavy atom. The van der Waals surface area contributed by atoms with Crippen LogP contribution in [0.2, 0.25) is 0 Å². The van der Waals surface area contributed by atoms with E-state index < -0.39 is 10.0 Å². The smallest absolute Gasteiger partial charge is 0.224 e. The summed E-state index contributed by atoms with van der Waals surface area (Å²) in [6.45, 7) is 7.42. The van der Waals surface area contributed by atoms with E-state index in [9.17, 15) is 13.2 Å². The average molecular weight is 472 g/mol. The number of anilines is 1. The minimum absolute atomic E-state index is 0.0630. The minimum atomic E-state index is -3.36. The highest BCUT2D eigenvalue weighted by atomic mass is 32.2. The van der Waals surface area contributed by atoms with Crippen molar-refractivity contribution in [2.45, 2.75) is 46.1 Å². The van der Waals surface area contributed by atoms with Gasteiger partial charge in [0.15, 0.2) is 0 Å². The second kappa shape index (κ2) is 12.2. The van der Waals surface area contributed by atoms with E-state index >= 15 is 0 Å². The molecule has 1 N–H and O–H groups in total. The molecule has 6 nitrogen and oxygen atoms in total. The van der Waals surface area contributed by atoms with E-state index in [0.717, 1.165) is 37.1 Å². The Hall–Kier alpha value is -2.38. The number of sulfonamides is 1. The van der Waals surface area contributed by atoms with E-state index in [-0.39, 0.29) is 24.1 Å². The number of aryl methyl sites for hydroxylation is 1. The maximum atomic E-state index is 12.9. The van der Waals surface area contributed by atoms with Gasteiger partial charge in [-0.3, -0.25) is 4.79 Å². The zero-order chi connectivity index (χ0) is 23.7. The van der Waals surface area contributed by atoms with Crippen LogP contribution in [0, 0.1) is 5.92 Å². The first kappa shape index (κ1) is 25.2. The summed E-state index contributed by atoms with van der Waals surface area (Å²) in [5, 5.41) is 3.01. The van der Waals surface area contributed by atoms with Crippen molar-refractivity contribution in [2.75, 3.05) is 36.8 Å². The van der Waals surface area contributed by atoms with Gasteiger partial charge in [-0.2, -0.15) is 0 Å². The molecule has 1 aliphatic rings. The first-order chi connectivity index (χ1) is 15.9. The summed E-state index contributed by atoms with van der Waals surface area (Å²) in [6.07, 6.45) is 2.77. The van der Waals surface area contributed by atoms with Crippen LogP contribution >= 0.6 is 0 Å². The van der Waals surface area contributed by atoms with Crippen LogP contribution in [-0.4, -0.2) is 50.6 Å². The van der Waals surface area contributed by atoms with E-state index in [1.165, 1.54) is 9.99 Å². The summed E-state index contributed by atoms with van der Waals surface area (Å²) in [7, 11) is -3.36. The number of rotatable bonds is 11. The van der Waals surface area contributed by atoms with Crippen molar-refractivity contribution in [1.82, 2.24) is 9.62 Å². The summed E-state index contributed by atoms with van der Waals surface area (Å²) in [5.41, 5.74) is 3.37. The number of nitrogens with zero attached hydrogens (tertiary/aromatic N) is 2. The van der Waals surface area contributed by atoms with E-state index in [4.69, 9.17) is 0 Å². The van der Waals surface area contributed by atoms with Crippen LogP contribution in [-0.2, 0) is 27.8 Å². The number of carbonyl (C=O) groups excluding carboxylic acids is 1. The molecule has 0 saturated carbocycles. The Labute approximate surface area is 199 Å². The summed E-state index contributed by atoms with van der Waals surface area (Å²) >= 11 is 0. The molecule has 0 unspecified atom stereocenters. The molecule has 2 aromatic carbocycles. The summed E-state index contributed by atoms with van der Waals surface area (Å²) < 4.78 is 27.2. The van der Waals surface area contributed by atoms with Crippen LogP contribution in [0.1, 0.15) is 44.2 Å². The molecule has 1 fully saturated rings. The zero-order valence-electron chi connectivity index (χ0n) is 19.9. The predicted molar refractivity (Wildman–Crippen MR) is 135 cm³/mol. The van der Waals surface area contributed by atoms with Crippen LogP contribution < -0.4 is 10.2 Å². The summed E-state index contributed by atoms with van der Waals surface area (Å²) in [6, 6.07) is 18.2. The summed E-state index contributed by atoms with van der Waals surface area (Å²) in [5.74, 6) is -0.237. The Bertz CT molecular complexity index is 974. The molecule has 0 radical (unpaired) electrons. The van der Waals surface area contributed by atoms with Gasteiger partial charge in [-0.15, -0.1) is 0 Å². The largest absolute Gasteiger partial charge is 0.372 e. The molecular weight excluding hydrogens is 434 g/mol. The average Bonchev–Trinajstić information content (AvgIpc) is 2.85. The number of piperidine rings is 1. The monoisotopic (exact) mass is 471 g/mol. The molecule has 0 aliphatic carbocycles. The molecule has 0 bridgehead atoms. The third kappa shape index (κ3) is 7.30. The van der Waals surface area contributed by atoms with Crippen molar-refractivity contribution in [2.24, 2.45) is 5.92 Å². The molecule has 33 heavy (non-hydrogen) atoms. The van der Waals surface area contributed by atoms with Crippen LogP contribution in [0.5, 0.6) is 0 Å². The van der Waals surface area contributed by atoms with Crippen LogP contribution in [0.25, 0.3) is 0 Å². The lowest BCUT2D eigenvalue weighted by molar-refractivity contribution is -0.126. The first-order valence-corrected chi connectivity index (χ1v) is 13.7. The number of nitrogens with one attached hydrogen (secondary N) is 1. The number of carbonyl (C=O) groups is 1. The Kier molecular flexibility index (Phi) is 9.32. The molecule has 1 atom stereocenters. The highest BCUT2D eigenvalue weighted by Crippen LogP contribution is 2.21. The van der Waals surface area contributed by atoms with Crippen molar-refractivity contribution in [3.63, 3.8) is 0 Å². The van der Waals surface area contributed by atoms with Gasteiger partial charge in [0.1, 0.15) is 0 Å². The Morgan fingerprint density at radius 3 is 2.39 bits per heavy atom. The molecule has 0 aromatic heterocycles. The molecule has 1 amide bonds. The molecule has 7 heteroatoms. The van der Waals surface area contributed by atoms with Gasteiger partial charge in [0, 0.05) is 38.4 Å². The van der Waals surface area contributed by atoms with Gasteiger partial charge in [-0.1, -0.05) is 42.5 Å². The third-order valence-corrected chi connectivity index (χ3v) is 8.31. The molecule has 3 rings (SSSR count). The maximum absolute atomic E-state index is 12.9. The fourth-order valence-corrected chi connectivity index (χ4v) is 5.97. The highest BCUT2D eigenvalue weighted by molar-refractivity contribution is 7.89. The van der Waals surface area contributed by atoms with E-state index in [2.05, 4.69) is 36.2 Å². The predicted octanol–water partition coefficient (Wildman–Crippen LogP) is 3.82. The quantitative estimate of drug-likeness (QED) is 0.541. The fourth-order valence-electron chi connectivity index (χ4n) is 4.39. The second-order valence-electron chi connectivity index (χ2n) is 8.66. The van der Waals surface area contributed by atoms with Crippen LogP contribution in [0.4, 0.5) is 5.69 Å². The van der Waals surface area contributed by atoms with E-state index in [0.29, 0.717) is 25.9 Å². The topological polar surface area (TPSA) is 69.7 Å². The van der Waals surface area contributed by atoms with Crippen LogP contribution in [0.3, 0.4) is 0 Å². The Morgan fingerprint density at radius 2 is 1.73 bits per heavy atom. The highest BCUT2D eigenvalue weighted by Gasteiger charge is 2.31. The number of hydrogen-bond donors (Lipinski definition) is 1. The molecule has 1 heterocycles. The lowest BCUT2D eigenvalue weighted by atomic mass is 9.98. The fraction of sp³-hybridized carbons (Fsp3) is 0.500. The molecule has 0 spiro atoms. The minimum Gasteiger partial charge on any atom is -0.372 e. The second-order valence-corrected chi connectivity index (χ2v) is 10.7. The van der Waals surface area contributed by atoms with Crippen molar-refractivity contribution in [1.29, 1.82) is 0 Å². The van der Waals surface area contributed by atoms with E-state index in [1.807, 2.05) is 42.5 Å². The van der Waals surface area contributed by atoms with Crippen molar-refractivity contribution < 1.29 is 13.2 Å². The number of amides is 1. The maximum Gasteiger partial charge on any atom is 0.224 e. The standard InChI is InChI=1S/C26H37N3O3S/c1-3-28(4-2)25-16-14-23(15-17-25)20-27-26(30)24-13-8-18-29(21-24)33(31,32)19-9-12-22-10-6-5-7-11-22/h5-7,10-11,14-17,24H,3-4,8-9,12-13,18-21H2,1-2H3,(H,27,30)/t24-/m0/s1. The van der Waals surface area contributed by atoms with Gasteiger partial charge < -0.3 is 10.2 Å². The number of hydrogen-bond acceptors (Lipinski definition) is 4. The first-order valence-electron chi connectivity index (χ1n) is 12.1. The Balaban J connectivity index is 1.48. The zero-order valence-corrected chi connectivity index (χ0v) is 20.7. The van der Waals surface area contributed by atoms with Gasteiger partial charge in [-0.25, -0.2) is 12.7 Å². The van der Waals surface area contributed by atoms with E-state index in [1.54, 1.807) is 0 Å². The molecule has 180 valence electrons. The lowest BCUT2D eigenvalue weighted by Gasteiger charge is -2.31. The molecule has 1 aliphatic heterocycles. The summed E-state index contributed by atoms with van der Waals surface area (Å²) in [4.78, 5) is 15.0. The lowest BCUT2D eigenvalue weighted by Crippen LogP contribution is -2.46. The van der Waals surface area contributed by atoms with Gasteiger partial charge in [0.25, 0.3) is 0 Å². The molecule has 1 saturated heterocycles. The van der Waals surface area contributed by atoms with Gasteiger partial charge in [0.05, 0.1) is 11.7 Å². The normalized spacial score (nSPS) is 17.0. The van der Waals surface area contributed by atoms with Crippen molar-refractivity contribution in [3.05, 3.63) is 65.7 Å². The van der Waals surface area contributed by atoms with Crippen molar-refractivity contribution in [3.8, 4) is 0 Å². The van der Waals surface area contributed by atoms with Gasteiger partial charge >= 0.3 is 0 Å². The SMILES string of the molecule is CCN(CC)c1ccc(CNC(=O)[C@H]2CCCN(S(=O)(=O)CCCc3ccccc3)C2)cc1. The molecular formula is C26H37N3O3S. The van der Waals surface area contributed by atoms with Gasteiger partial charge in [0.2, 0.25) is 15.9 Å².